The molecule has 0 saturated carbocycles. The van der Waals surface area contributed by atoms with E-state index in [0.29, 0.717) is 0 Å². The molecule has 2 N–H and O–H groups in total. The van der Waals surface area contributed by atoms with E-state index in [9.17, 15) is 19.2 Å². The second-order valence-electron chi connectivity index (χ2n) is 3.24. The largest absolute Gasteiger partial charge is 0.295 e. The normalized spacial score (nSPS) is 10.8. The van der Waals surface area contributed by atoms with Gasteiger partial charge >= 0.3 is 0 Å². The zero-order valence-corrected chi connectivity index (χ0v) is 10.9. The number of hydrogen-bond acceptors (Lipinski definition) is 6. The summed E-state index contributed by atoms with van der Waals surface area (Å²) in [5, 5.41) is 0. The molecule has 0 spiro atoms. The lowest BCUT2D eigenvalue weighted by molar-refractivity contribution is -0.116. The van der Waals surface area contributed by atoms with Crippen LogP contribution in [0.4, 0.5) is 0 Å². The number of hydrogen-bond donors (Lipinski definition) is 2. The van der Waals surface area contributed by atoms with Crippen LogP contribution in [0.2, 0.25) is 0 Å². The van der Waals surface area contributed by atoms with Crippen LogP contribution in [0.25, 0.3) is 0 Å². The molecule has 0 aliphatic rings. The molecule has 6 nitrogen and oxygen atoms in total. The Hall–Kier alpha value is -1.73. The molecule has 0 radical (unpaired) electrons. The Morgan fingerprint density at radius 3 is 2.06 bits per heavy atom. The maximum Gasteiger partial charge on any atom is 0.254 e. The summed E-state index contributed by atoms with van der Waals surface area (Å²) in [4.78, 5) is 43.2. The van der Waals surface area contributed by atoms with Crippen molar-refractivity contribution in [2.45, 2.75) is 13.8 Å². The molecule has 7 heteroatoms. The molecule has 0 bridgehead atoms. The SMILES string of the molecule is CC(=O)/C=C\C(=O)CNSNC(=O)/C=C\C(C)=O. The molecular weight excluding hydrogens is 256 g/mol. The van der Waals surface area contributed by atoms with Crippen molar-refractivity contribution in [3.63, 3.8) is 0 Å². The molecule has 0 aliphatic heterocycles. The highest BCUT2D eigenvalue weighted by molar-refractivity contribution is 7.96. The molecule has 1 amide bonds. The fourth-order valence-electron chi connectivity index (χ4n) is 0.690. The Morgan fingerprint density at radius 2 is 1.50 bits per heavy atom. The molecule has 0 saturated heterocycles. The number of ketones is 3. The van der Waals surface area contributed by atoms with Gasteiger partial charge in [0.05, 0.1) is 6.54 Å². The predicted octanol–water partition coefficient (Wildman–Crippen LogP) is 0.115. The standard InChI is InChI=1S/C11H14N2O4S/c1-8(14)3-5-10(16)7-12-18-13-11(17)6-4-9(2)15/h3-6,12H,7H2,1-2H3,(H,13,17)/b5-3-,6-4-. The zero-order chi connectivity index (χ0) is 14.0. The fourth-order valence-corrected chi connectivity index (χ4v) is 1.15. The van der Waals surface area contributed by atoms with Crippen LogP contribution in [0.5, 0.6) is 0 Å². The Bertz CT molecular complexity index is 364. The van der Waals surface area contributed by atoms with E-state index in [1.165, 1.54) is 19.9 Å². The van der Waals surface area contributed by atoms with E-state index in [4.69, 9.17) is 0 Å². The van der Waals surface area contributed by atoms with Crippen LogP contribution in [0.1, 0.15) is 13.8 Å². The third-order valence-electron chi connectivity index (χ3n) is 1.44. The van der Waals surface area contributed by atoms with E-state index in [2.05, 4.69) is 9.44 Å². The van der Waals surface area contributed by atoms with Gasteiger partial charge in [-0.15, -0.1) is 0 Å². The Kier molecular flexibility index (Phi) is 8.42. The first-order valence-corrected chi connectivity index (χ1v) is 5.82. The minimum Gasteiger partial charge on any atom is -0.295 e. The summed E-state index contributed by atoms with van der Waals surface area (Å²) in [6.45, 7) is 2.65. The first-order valence-electron chi connectivity index (χ1n) is 5.00. The van der Waals surface area contributed by atoms with E-state index < -0.39 is 5.91 Å². The lowest BCUT2D eigenvalue weighted by atomic mass is 10.3. The van der Waals surface area contributed by atoms with Crippen molar-refractivity contribution in [1.82, 2.24) is 9.44 Å². The number of allylic oxidation sites excluding steroid dienone is 2. The van der Waals surface area contributed by atoms with Crippen LogP contribution in [-0.4, -0.2) is 29.8 Å². The molecular formula is C11H14N2O4S. The molecule has 18 heavy (non-hydrogen) atoms. The first kappa shape index (κ1) is 16.3. The Labute approximate surface area is 109 Å². The second kappa shape index (κ2) is 9.32. The second-order valence-corrected chi connectivity index (χ2v) is 3.94. The minimum absolute atomic E-state index is 0.0227. The van der Waals surface area contributed by atoms with Gasteiger partial charge in [0, 0.05) is 18.2 Å². The van der Waals surface area contributed by atoms with Crippen molar-refractivity contribution in [3.8, 4) is 0 Å². The lowest BCUT2D eigenvalue weighted by Crippen LogP contribution is -2.23. The highest BCUT2D eigenvalue weighted by Crippen LogP contribution is 1.87. The van der Waals surface area contributed by atoms with Gasteiger partial charge in [-0.3, -0.25) is 23.9 Å². The summed E-state index contributed by atoms with van der Waals surface area (Å²) < 4.78 is 4.92. The maximum atomic E-state index is 11.1. The average Bonchev–Trinajstić information content (AvgIpc) is 2.29. The molecule has 0 heterocycles. The molecule has 0 aliphatic carbocycles. The lowest BCUT2D eigenvalue weighted by Gasteiger charge is -2.00. The van der Waals surface area contributed by atoms with E-state index in [1.807, 2.05) is 0 Å². The van der Waals surface area contributed by atoms with Crippen LogP contribution in [-0.2, 0) is 19.2 Å². The molecule has 0 atom stereocenters. The van der Waals surface area contributed by atoms with Crippen LogP contribution in [0.15, 0.2) is 24.3 Å². The summed E-state index contributed by atoms with van der Waals surface area (Å²) in [7, 11) is 0. The van der Waals surface area contributed by atoms with Crippen molar-refractivity contribution in [1.29, 1.82) is 0 Å². The summed E-state index contributed by atoms with van der Waals surface area (Å²) in [5.74, 6) is -1.19. The Balaban J connectivity index is 3.74. The van der Waals surface area contributed by atoms with Crippen molar-refractivity contribution in [2.75, 3.05) is 6.54 Å². The topological polar surface area (TPSA) is 92.3 Å². The van der Waals surface area contributed by atoms with Crippen molar-refractivity contribution in [3.05, 3.63) is 24.3 Å². The molecule has 0 fully saturated rings. The highest BCUT2D eigenvalue weighted by atomic mass is 32.2. The third kappa shape index (κ3) is 10.8. The predicted molar refractivity (Wildman–Crippen MR) is 68.4 cm³/mol. The quantitative estimate of drug-likeness (QED) is 0.369. The van der Waals surface area contributed by atoms with Crippen molar-refractivity contribution >= 4 is 35.4 Å². The van der Waals surface area contributed by atoms with E-state index in [1.54, 1.807) is 0 Å². The van der Waals surface area contributed by atoms with Gasteiger partial charge in [-0.25, -0.2) is 4.72 Å². The first-order chi connectivity index (χ1) is 8.41. The van der Waals surface area contributed by atoms with E-state index in [-0.39, 0.29) is 23.9 Å². The van der Waals surface area contributed by atoms with E-state index >= 15 is 0 Å². The smallest absolute Gasteiger partial charge is 0.254 e. The molecule has 0 aromatic rings. The van der Waals surface area contributed by atoms with Crippen molar-refractivity contribution < 1.29 is 19.2 Å². The van der Waals surface area contributed by atoms with Gasteiger partial charge in [0.2, 0.25) is 0 Å². The summed E-state index contributed by atoms with van der Waals surface area (Å²) in [5.41, 5.74) is 0. The van der Waals surface area contributed by atoms with Crippen molar-refractivity contribution in [2.24, 2.45) is 0 Å². The molecule has 0 unspecified atom stereocenters. The maximum absolute atomic E-state index is 11.1. The van der Waals surface area contributed by atoms with Crippen LogP contribution < -0.4 is 9.44 Å². The van der Waals surface area contributed by atoms with E-state index in [0.717, 1.165) is 30.4 Å². The van der Waals surface area contributed by atoms with Gasteiger partial charge in [0.15, 0.2) is 17.3 Å². The number of carbonyl (C=O) groups is 4. The summed E-state index contributed by atoms with van der Waals surface area (Å²) in [6, 6.07) is 0. The van der Waals surface area contributed by atoms with Gasteiger partial charge in [0.25, 0.3) is 5.91 Å². The number of rotatable bonds is 8. The molecule has 0 rings (SSSR count). The monoisotopic (exact) mass is 270 g/mol. The molecule has 0 aromatic heterocycles. The number of nitrogens with one attached hydrogen (secondary N) is 2. The zero-order valence-electron chi connectivity index (χ0n) is 10.1. The van der Waals surface area contributed by atoms with Gasteiger partial charge in [0.1, 0.15) is 0 Å². The Morgan fingerprint density at radius 1 is 0.944 bits per heavy atom. The fraction of sp³-hybridized carbons (Fsp3) is 0.273. The van der Waals surface area contributed by atoms with Crippen LogP contribution in [0, 0.1) is 0 Å². The molecule has 98 valence electrons. The van der Waals surface area contributed by atoms with Gasteiger partial charge in [-0.2, -0.15) is 0 Å². The van der Waals surface area contributed by atoms with Gasteiger partial charge in [-0.05, 0) is 32.1 Å². The van der Waals surface area contributed by atoms with Crippen LogP contribution in [0.3, 0.4) is 0 Å². The molecule has 0 aromatic carbocycles. The number of carbonyl (C=O) groups excluding carboxylic acids is 4. The summed E-state index contributed by atoms with van der Waals surface area (Å²) >= 11 is 0.824. The third-order valence-corrected chi connectivity index (χ3v) is 2.04. The minimum atomic E-state index is -0.463. The summed E-state index contributed by atoms with van der Waals surface area (Å²) in [6.07, 6.45) is 4.56. The highest BCUT2D eigenvalue weighted by Gasteiger charge is 1.99. The average molecular weight is 270 g/mol. The van der Waals surface area contributed by atoms with Gasteiger partial charge < -0.3 is 0 Å². The van der Waals surface area contributed by atoms with Crippen LogP contribution >= 0.6 is 12.1 Å². The van der Waals surface area contributed by atoms with Gasteiger partial charge in [-0.1, -0.05) is 0 Å². The number of amides is 1.